The summed E-state index contributed by atoms with van der Waals surface area (Å²) in [4.78, 5) is 3.34. The minimum Gasteiger partial charge on any atom is -0.507 e. The van der Waals surface area contributed by atoms with Gasteiger partial charge in [0.25, 0.3) is 0 Å². The first kappa shape index (κ1) is 17.6. The van der Waals surface area contributed by atoms with Gasteiger partial charge in [0.05, 0.1) is 11.4 Å². The molecule has 5 N–H and O–H groups in total. The van der Waals surface area contributed by atoms with E-state index in [-0.39, 0.29) is 11.6 Å². The van der Waals surface area contributed by atoms with Crippen LogP contribution >= 0.6 is 0 Å². The Labute approximate surface area is 171 Å². The number of nitrogens with one attached hydrogen (secondary N) is 2. The van der Waals surface area contributed by atoms with Crippen LogP contribution in [0.1, 0.15) is 5.56 Å². The lowest BCUT2D eigenvalue weighted by atomic mass is 9.98. The summed E-state index contributed by atoms with van der Waals surface area (Å²) in [7, 11) is 0. The number of hydrogen-bond donors (Lipinski definition) is 4. The third kappa shape index (κ3) is 2.96. The third-order valence-corrected chi connectivity index (χ3v) is 5.01. The van der Waals surface area contributed by atoms with Crippen LogP contribution in [-0.2, 0) is 0 Å². The first-order valence-corrected chi connectivity index (χ1v) is 9.23. The van der Waals surface area contributed by atoms with Gasteiger partial charge in [0.15, 0.2) is 0 Å². The normalized spacial score (nSPS) is 11.1. The number of benzene rings is 3. The lowest BCUT2D eigenvalue weighted by molar-refractivity contribution is 0.479. The minimum absolute atomic E-state index is 0.00883. The summed E-state index contributed by atoms with van der Waals surface area (Å²) in [6.45, 7) is 0. The van der Waals surface area contributed by atoms with Gasteiger partial charge < -0.3 is 15.8 Å². The number of tetrazole rings is 1. The summed E-state index contributed by atoms with van der Waals surface area (Å²) in [5, 5.41) is 31.1. The quantitative estimate of drug-likeness (QED) is 0.273. The summed E-state index contributed by atoms with van der Waals surface area (Å²) < 4.78 is 1.55. The zero-order chi connectivity index (χ0) is 20.7. The SMILES string of the molecule is N=C(N)c1ccc2[nH]c(-c3cc(-n4cnnn4)cc(-c4ccccc4)c3O)cc2c1. The van der Waals surface area contributed by atoms with Gasteiger partial charge in [0.1, 0.15) is 17.9 Å². The van der Waals surface area contributed by atoms with E-state index in [0.29, 0.717) is 16.7 Å². The van der Waals surface area contributed by atoms with E-state index in [4.69, 9.17) is 11.1 Å². The second-order valence-corrected chi connectivity index (χ2v) is 6.91. The highest BCUT2D eigenvalue weighted by Gasteiger charge is 2.17. The van der Waals surface area contributed by atoms with E-state index in [1.165, 1.54) is 6.33 Å². The lowest BCUT2D eigenvalue weighted by Gasteiger charge is -2.12. The van der Waals surface area contributed by atoms with E-state index in [1.807, 2.05) is 60.7 Å². The highest BCUT2D eigenvalue weighted by atomic mass is 16.3. The first-order valence-electron chi connectivity index (χ1n) is 9.23. The zero-order valence-electron chi connectivity index (χ0n) is 15.7. The van der Waals surface area contributed by atoms with Crippen LogP contribution in [0.25, 0.3) is 39.0 Å². The number of hydrogen-bond acceptors (Lipinski definition) is 5. The molecule has 30 heavy (non-hydrogen) atoms. The van der Waals surface area contributed by atoms with Crippen LogP contribution in [0.15, 0.2) is 73.1 Å². The highest BCUT2D eigenvalue weighted by molar-refractivity contribution is 6.00. The third-order valence-electron chi connectivity index (χ3n) is 5.01. The average Bonchev–Trinajstić information content (AvgIpc) is 3.44. The molecular formula is C22H17N7O. The van der Waals surface area contributed by atoms with Gasteiger partial charge in [0, 0.05) is 27.6 Å². The molecular weight excluding hydrogens is 378 g/mol. The Hall–Kier alpha value is -4.46. The van der Waals surface area contributed by atoms with Crippen molar-refractivity contribution in [2.24, 2.45) is 5.73 Å². The van der Waals surface area contributed by atoms with Gasteiger partial charge in [-0.25, -0.2) is 4.68 Å². The molecule has 0 fully saturated rings. The molecule has 0 aliphatic heterocycles. The number of phenolic OH excluding ortho intramolecular Hbond substituents is 1. The number of nitrogens with zero attached hydrogens (tertiary/aromatic N) is 4. The van der Waals surface area contributed by atoms with Crippen molar-refractivity contribution in [1.29, 1.82) is 5.41 Å². The summed E-state index contributed by atoms with van der Waals surface area (Å²) in [5.41, 5.74) is 10.7. The van der Waals surface area contributed by atoms with E-state index in [9.17, 15) is 5.11 Å². The number of nitrogens with two attached hydrogens (primary N) is 1. The van der Waals surface area contributed by atoms with Gasteiger partial charge in [-0.05, 0) is 52.4 Å². The van der Waals surface area contributed by atoms with E-state index in [2.05, 4.69) is 20.5 Å². The van der Waals surface area contributed by atoms with Crippen molar-refractivity contribution >= 4 is 16.7 Å². The molecule has 3 aromatic carbocycles. The van der Waals surface area contributed by atoms with E-state index in [1.54, 1.807) is 10.7 Å². The molecule has 0 unspecified atom stereocenters. The fourth-order valence-corrected chi connectivity index (χ4v) is 3.52. The van der Waals surface area contributed by atoms with Crippen LogP contribution in [0.3, 0.4) is 0 Å². The number of aromatic hydroxyl groups is 1. The minimum atomic E-state index is 0.00883. The standard InChI is InChI=1S/C22H17N7O/c23-22(24)14-6-7-19-15(8-14)9-20(26-19)18-11-16(29-12-25-27-28-29)10-17(21(18)30)13-4-2-1-3-5-13/h1-12,26,30H,(H3,23,24). The summed E-state index contributed by atoms with van der Waals surface area (Å²) >= 11 is 0. The number of nitrogen functional groups attached to an aromatic ring is 1. The fraction of sp³-hybridized carbons (Fsp3) is 0. The maximum Gasteiger partial charge on any atom is 0.143 e. The molecule has 0 aliphatic rings. The maximum atomic E-state index is 11.2. The highest BCUT2D eigenvalue weighted by Crippen LogP contribution is 2.40. The molecule has 8 heteroatoms. The Morgan fingerprint density at radius 3 is 2.53 bits per heavy atom. The van der Waals surface area contributed by atoms with Crippen molar-refractivity contribution in [3.05, 3.63) is 78.6 Å². The average molecular weight is 395 g/mol. The van der Waals surface area contributed by atoms with Gasteiger partial charge >= 0.3 is 0 Å². The molecule has 0 aliphatic carbocycles. The predicted octanol–water partition coefficient (Wildman–Crippen LogP) is 3.47. The zero-order valence-corrected chi connectivity index (χ0v) is 15.7. The molecule has 0 saturated heterocycles. The van der Waals surface area contributed by atoms with Crippen LogP contribution < -0.4 is 5.73 Å². The van der Waals surface area contributed by atoms with Crippen LogP contribution in [0.5, 0.6) is 5.75 Å². The Kier molecular flexibility index (Phi) is 4.03. The summed E-state index contributed by atoms with van der Waals surface area (Å²) in [6.07, 6.45) is 1.51. The van der Waals surface area contributed by atoms with Crippen molar-refractivity contribution < 1.29 is 5.11 Å². The van der Waals surface area contributed by atoms with Gasteiger partial charge in [-0.1, -0.05) is 30.3 Å². The van der Waals surface area contributed by atoms with Crippen LogP contribution in [-0.4, -0.2) is 36.1 Å². The Morgan fingerprint density at radius 2 is 1.80 bits per heavy atom. The number of aromatic nitrogens is 5. The Balaban J connectivity index is 1.74. The fourth-order valence-electron chi connectivity index (χ4n) is 3.52. The van der Waals surface area contributed by atoms with E-state index < -0.39 is 0 Å². The number of aromatic amines is 1. The van der Waals surface area contributed by atoms with E-state index in [0.717, 1.165) is 27.8 Å². The van der Waals surface area contributed by atoms with Crippen molar-refractivity contribution in [1.82, 2.24) is 25.2 Å². The van der Waals surface area contributed by atoms with Crippen LogP contribution in [0.2, 0.25) is 0 Å². The van der Waals surface area contributed by atoms with Crippen molar-refractivity contribution in [2.75, 3.05) is 0 Å². The molecule has 0 spiro atoms. The molecule has 0 radical (unpaired) electrons. The molecule has 146 valence electrons. The monoisotopic (exact) mass is 395 g/mol. The number of fused-ring (bicyclic) bond motifs is 1. The number of H-pyrrole nitrogens is 1. The number of phenols is 1. The molecule has 5 aromatic rings. The number of amidine groups is 1. The van der Waals surface area contributed by atoms with Crippen LogP contribution in [0.4, 0.5) is 0 Å². The second kappa shape index (κ2) is 6.85. The topological polar surface area (TPSA) is 129 Å². The largest absolute Gasteiger partial charge is 0.507 e. The van der Waals surface area contributed by atoms with Gasteiger partial charge in [-0.2, -0.15) is 0 Å². The molecule has 0 atom stereocenters. The second-order valence-electron chi connectivity index (χ2n) is 6.91. The molecule has 2 aromatic heterocycles. The van der Waals surface area contributed by atoms with Crippen LogP contribution in [0, 0.1) is 5.41 Å². The van der Waals surface area contributed by atoms with Gasteiger partial charge in [-0.3, -0.25) is 5.41 Å². The maximum absolute atomic E-state index is 11.2. The smallest absolute Gasteiger partial charge is 0.143 e. The molecule has 2 heterocycles. The Bertz CT molecular complexity index is 1370. The Morgan fingerprint density at radius 1 is 1.00 bits per heavy atom. The summed E-state index contributed by atoms with van der Waals surface area (Å²) in [5.74, 6) is 0.158. The van der Waals surface area contributed by atoms with Crippen molar-refractivity contribution in [3.63, 3.8) is 0 Å². The molecule has 8 nitrogen and oxygen atoms in total. The van der Waals surface area contributed by atoms with E-state index >= 15 is 0 Å². The first-order chi connectivity index (χ1) is 14.6. The molecule has 5 rings (SSSR count). The molecule has 0 bridgehead atoms. The predicted molar refractivity (Wildman–Crippen MR) is 115 cm³/mol. The molecule has 0 amide bonds. The summed E-state index contributed by atoms with van der Waals surface area (Å²) in [6, 6.07) is 20.8. The van der Waals surface area contributed by atoms with Crippen molar-refractivity contribution in [3.8, 4) is 33.8 Å². The van der Waals surface area contributed by atoms with Gasteiger partial charge in [-0.15, -0.1) is 5.10 Å². The van der Waals surface area contributed by atoms with Crippen molar-refractivity contribution in [2.45, 2.75) is 0 Å². The van der Waals surface area contributed by atoms with Gasteiger partial charge in [0.2, 0.25) is 0 Å². The lowest BCUT2D eigenvalue weighted by Crippen LogP contribution is -2.10. The number of rotatable bonds is 4. The molecule has 0 saturated carbocycles.